The minimum Gasteiger partial charge on any atom is -0.376 e. The van der Waals surface area contributed by atoms with Gasteiger partial charge in [0.1, 0.15) is 0 Å². The molecule has 0 aliphatic heterocycles. The fourth-order valence-corrected chi connectivity index (χ4v) is 4.52. The quantitative estimate of drug-likeness (QED) is 0.172. The third-order valence-corrected chi connectivity index (χ3v) is 6.81. The first-order valence-electron chi connectivity index (χ1n) is 11.8. The molecule has 12 heteroatoms. The highest BCUT2D eigenvalue weighted by Gasteiger charge is 2.17. The van der Waals surface area contributed by atoms with Crippen molar-refractivity contribution in [3.63, 3.8) is 0 Å². The number of carbonyl (C=O) groups excluding carboxylic acids is 1. The number of hydrogen-bond acceptors (Lipinski definition) is 9. The Labute approximate surface area is 223 Å². The summed E-state index contributed by atoms with van der Waals surface area (Å²) < 4.78 is 1.95. The maximum absolute atomic E-state index is 12.3. The molecule has 38 heavy (non-hydrogen) atoms. The minimum atomic E-state index is -0.478. The van der Waals surface area contributed by atoms with Crippen molar-refractivity contribution in [1.29, 1.82) is 0 Å². The van der Waals surface area contributed by atoms with Crippen LogP contribution in [-0.2, 0) is 11.3 Å². The summed E-state index contributed by atoms with van der Waals surface area (Å²) in [4.78, 5) is 27.9. The van der Waals surface area contributed by atoms with E-state index in [-0.39, 0.29) is 18.1 Å². The van der Waals surface area contributed by atoms with Crippen LogP contribution in [0.15, 0.2) is 76.1 Å². The van der Waals surface area contributed by atoms with Crippen LogP contribution in [-0.4, -0.2) is 43.3 Å². The summed E-state index contributed by atoms with van der Waals surface area (Å²) >= 11 is 1.30. The summed E-state index contributed by atoms with van der Waals surface area (Å²) in [5.41, 5.74) is 6.83. The summed E-state index contributed by atoms with van der Waals surface area (Å²) in [6.07, 6.45) is 4.76. The Balaban J connectivity index is 1.50. The molecule has 194 valence electrons. The van der Waals surface area contributed by atoms with Gasteiger partial charge in [0.15, 0.2) is 11.0 Å². The molecule has 2 N–H and O–H groups in total. The molecule has 0 aliphatic carbocycles. The van der Waals surface area contributed by atoms with E-state index in [1.54, 1.807) is 18.5 Å². The Bertz CT molecular complexity index is 1490. The molecule has 0 fully saturated rings. The van der Waals surface area contributed by atoms with Gasteiger partial charge in [0, 0.05) is 52.8 Å². The summed E-state index contributed by atoms with van der Waals surface area (Å²) in [5.74, 6) is 0.338. The monoisotopic (exact) mass is 530 g/mol. The Morgan fingerprint density at radius 2 is 1.89 bits per heavy atom. The van der Waals surface area contributed by atoms with Gasteiger partial charge in [-0.05, 0) is 74.0 Å². The molecule has 0 aliphatic rings. The van der Waals surface area contributed by atoms with E-state index in [0.717, 1.165) is 16.8 Å². The van der Waals surface area contributed by atoms with Gasteiger partial charge in [-0.3, -0.25) is 19.9 Å². The zero-order chi connectivity index (χ0) is 27.1. The van der Waals surface area contributed by atoms with Crippen molar-refractivity contribution in [2.24, 2.45) is 5.10 Å². The molecule has 2 aromatic heterocycles. The van der Waals surface area contributed by atoms with Gasteiger partial charge >= 0.3 is 0 Å². The lowest BCUT2D eigenvalue weighted by molar-refractivity contribution is -0.384. The second-order valence-corrected chi connectivity index (χ2v) is 9.32. The van der Waals surface area contributed by atoms with E-state index in [0.29, 0.717) is 28.0 Å². The van der Waals surface area contributed by atoms with Crippen LogP contribution in [0, 0.1) is 24.0 Å². The number of pyridine rings is 1. The van der Waals surface area contributed by atoms with Crippen LogP contribution in [0.5, 0.6) is 0 Å². The van der Waals surface area contributed by atoms with Gasteiger partial charge in [-0.25, -0.2) is 5.43 Å². The number of hydrogen-bond donors (Lipinski definition) is 2. The predicted octanol–water partition coefficient (Wildman–Crippen LogP) is 4.60. The summed E-state index contributed by atoms with van der Waals surface area (Å²) in [6, 6.07) is 14.0. The van der Waals surface area contributed by atoms with E-state index in [2.05, 4.69) is 31.0 Å². The van der Waals surface area contributed by atoms with Crippen LogP contribution in [0.2, 0.25) is 0 Å². The second kappa shape index (κ2) is 12.1. The number of non-ortho nitro benzene ring substituents is 1. The number of nitrogens with zero attached hydrogens (tertiary/aromatic N) is 6. The van der Waals surface area contributed by atoms with Gasteiger partial charge < -0.3 is 9.88 Å². The van der Waals surface area contributed by atoms with E-state index in [1.807, 2.05) is 55.7 Å². The molecular weight excluding hydrogens is 504 g/mol. The summed E-state index contributed by atoms with van der Waals surface area (Å²) in [5, 5.41) is 27.7. The summed E-state index contributed by atoms with van der Waals surface area (Å²) in [7, 11) is 0. The number of carbonyl (C=O) groups is 1. The second-order valence-electron chi connectivity index (χ2n) is 8.31. The Kier molecular flexibility index (Phi) is 8.44. The summed E-state index contributed by atoms with van der Waals surface area (Å²) in [6.45, 7) is 6.65. The Morgan fingerprint density at radius 3 is 2.61 bits per heavy atom. The number of anilines is 1. The molecule has 2 aromatic carbocycles. The molecule has 0 bridgehead atoms. The lowest BCUT2D eigenvalue weighted by atomic mass is 10.1. The largest absolute Gasteiger partial charge is 0.376 e. The molecule has 1 amide bonds. The smallest absolute Gasteiger partial charge is 0.270 e. The third-order valence-electron chi connectivity index (χ3n) is 5.73. The number of benzene rings is 2. The first-order chi connectivity index (χ1) is 18.4. The van der Waals surface area contributed by atoms with Crippen LogP contribution < -0.4 is 10.7 Å². The zero-order valence-electron chi connectivity index (χ0n) is 21.1. The SMILES string of the molecule is CCn1c(Sc2ccc([N+](=O)[O-])cc2/C=N\NC(=O)CNc2ccc(C)c(C)c2)nnc1-c1ccncc1. The molecule has 0 spiro atoms. The van der Waals surface area contributed by atoms with Crippen molar-refractivity contribution in [1.82, 2.24) is 25.2 Å². The molecular formula is C26H26N8O3S. The molecule has 2 heterocycles. The van der Waals surface area contributed by atoms with Crippen LogP contribution in [0.25, 0.3) is 11.4 Å². The number of nitro groups is 1. The van der Waals surface area contributed by atoms with Gasteiger partial charge in [-0.1, -0.05) is 6.07 Å². The topological polar surface area (TPSA) is 140 Å². The normalized spacial score (nSPS) is 11.0. The predicted molar refractivity (Wildman–Crippen MR) is 146 cm³/mol. The Hall–Kier alpha value is -4.58. The third kappa shape index (κ3) is 6.40. The number of rotatable bonds is 10. The van der Waals surface area contributed by atoms with Crippen LogP contribution in [0.3, 0.4) is 0 Å². The van der Waals surface area contributed by atoms with E-state index in [4.69, 9.17) is 0 Å². The maximum atomic E-state index is 12.3. The molecule has 0 atom stereocenters. The van der Waals surface area contributed by atoms with Gasteiger partial charge in [-0.2, -0.15) is 5.10 Å². The van der Waals surface area contributed by atoms with Gasteiger partial charge in [0.2, 0.25) is 0 Å². The lowest BCUT2D eigenvalue weighted by Crippen LogP contribution is -2.25. The molecule has 0 unspecified atom stereocenters. The Morgan fingerprint density at radius 1 is 1.11 bits per heavy atom. The van der Waals surface area contributed by atoms with Crippen LogP contribution in [0.4, 0.5) is 11.4 Å². The molecule has 4 aromatic rings. The minimum absolute atomic E-state index is 0.0216. The highest BCUT2D eigenvalue weighted by atomic mass is 32.2. The number of nitro benzene ring substituents is 1. The maximum Gasteiger partial charge on any atom is 0.270 e. The van der Waals surface area contributed by atoms with Gasteiger partial charge in [0.05, 0.1) is 17.7 Å². The molecule has 4 rings (SSSR count). The molecule has 0 saturated carbocycles. The van der Waals surface area contributed by atoms with Crippen molar-refractivity contribution in [2.45, 2.75) is 37.4 Å². The average molecular weight is 531 g/mol. The van der Waals surface area contributed by atoms with E-state index < -0.39 is 4.92 Å². The van der Waals surface area contributed by atoms with Crippen molar-refractivity contribution in [3.8, 4) is 11.4 Å². The fourth-order valence-electron chi connectivity index (χ4n) is 3.55. The van der Waals surface area contributed by atoms with E-state index in [1.165, 1.54) is 35.7 Å². The van der Waals surface area contributed by atoms with Crippen molar-refractivity contribution < 1.29 is 9.72 Å². The highest BCUT2D eigenvalue weighted by molar-refractivity contribution is 7.99. The lowest BCUT2D eigenvalue weighted by Gasteiger charge is -2.09. The standard InChI is InChI=1S/C26H26N8O3S/c1-4-33-25(19-9-11-27-12-10-19)31-32-26(33)38-23-8-7-22(34(36)37)14-20(23)15-29-30-24(35)16-28-21-6-5-17(2)18(3)13-21/h5-15,28H,4,16H2,1-3H3,(H,30,35)/b29-15-. The fraction of sp³-hybridized carbons (Fsp3) is 0.192. The van der Waals surface area contributed by atoms with E-state index >= 15 is 0 Å². The number of hydrazone groups is 1. The number of amides is 1. The van der Waals surface area contributed by atoms with Gasteiger partial charge in [-0.15, -0.1) is 10.2 Å². The zero-order valence-corrected chi connectivity index (χ0v) is 21.9. The first-order valence-corrected chi connectivity index (χ1v) is 12.6. The van der Waals surface area contributed by atoms with Gasteiger partial charge in [0.25, 0.3) is 11.6 Å². The molecule has 11 nitrogen and oxygen atoms in total. The number of aromatic nitrogens is 4. The van der Waals surface area contributed by atoms with Crippen molar-refractivity contribution in [2.75, 3.05) is 11.9 Å². The number of aryl methyl sites for hydroxylation is 2. The van der Waals surface area contributed by atoms with E-state index in [9.17, 15) is 14.9 Å². The van der Waals surface area contributed by atoms with Crippen molar-refractivity contribution >= 4 is 35.3 Å². The molecule has 0 saturated heterocycles. The first kappa shape index (κ1) is 26.5. The number of nitrogens with one attached hydrogen (secondary N) is 2. The van der Waals surface area contributed by atoms with Crippen molar-refractivity contribution in [3.05, 3.63) is 87.7 Å². The van der Waals surface area contributed by atoms with Crippen LogP contribution >= 0.6 is 11.8 Å². The molecule has 0 radical (unpaired) electrons. The highest BCUT2D eigenvalue weighted by Crippen LogP contribution is 2.33. The van der Waals surface area contributed by atoms with Crippen LogP contribution in [0.1, 0.15) is 23.6 Å². The average Bonchev–Trinajstić information content (AvgIpc) is 3.33.